The summed E-state index contributed by atoms with van der Waals surface area (Å²) in [6.07, 6.45) is 2.13. The molecule has 1 aromatic carbocycles. The Hall–Kier alpha value is -1.35. The van der Waals surface area contributed by atoms with Crippen LogP contribution in [0.4, 0.5) is 0 Å². The molecular formula is C15H19NO2. The lowest BCUT2D eigenvalue weighted by Gasteiger charge is -2.49. The summed E-state index contributed by atoms with van der Waals surface area (Å²) in [4.78, 5) is 13.7. The SMILES string of the molecule is CC(C(=O)O)(C1CC1)N1CC(c2ccccc2)C1. The van der Waals surface area contributed by atoms with Crippen LogP contribution in [0.15, 0.2) is 30.3 Å². The van der Waals surface area contributed by atoms with Gasteiger partial charge in [-0.1, -0.05) is 30.3 Å². The van der Waals surface area contributed by atoms with E-state index in [0.29, 0.717) is 11.8 Å². The van der Waals surface area contributed by atoms with Crippen molar-refractivity contribution in [3.05, 3.63) is 35.9 Å². The second-order valence-corrected chi connectivity index (χ2v) is 5.74. The molecule has 1 N–H and O–H groups in total. The average Bonchev–Trinajstić information content (AvgIpc) is 3.11. The lowest BCUT2D eigenvalue weighted by Crippen LogP contribution is -2.62. The Morgan fingerprint density at radius 2 is 1.89 bits per heavy atom. The van der Waals surface area contributed by atoms with E-state index in [2.05, 4.69) is 29.2 Å². The molecule has 0 aromatic heterocycles. The third kappa shape index (κ3) is 1.74. The lowest BCUT2D eigenvalue weighted by molar-refractivity contribution is -0.156. The van der Waals surface area contributed by atoms with Crippen molar-refractivity contribution in [3.8, 4) is 0 Å². The van der Waals surface area contributed by atoms with E-state index in [9.17, 15) is 9.90 Å². The number of rotatable bonds is 4. The molecule has 3 rings (SSSR count). The molecule has 18 heavy (non-hydrogen) atoms. The van der Waals surface area contributed by atoms with Crippen LogP contribution in [-0.2, 0) is 4.79 Å². The number of aliphatic carboxylic acids is 1. The number of hydrogen-bond acceptors (Lipinski definition) is 2. The Morgan fingerprint density at radius 3 is 2.39 bits per heavy atom. The molecule has 2 fully saturated rings. The first-order chi connectivity index (χ1) is 8.62. The third-order valence-corrected chi connectivity index (χ3v) is 4.61. The van der Waals surface area contributed by atoms with Gasteiger partial charge in [0.2, 0.25) is 0 Å². The first-order valence-corrected chi connectivity index (χ1v) is 6.65. The van der Waals surface area contributed by atoms with Gasteiger partial charge in [0.15, 0.2) is 0 Å². The Bertz CT molecular complexity index is 449. The fourth-order valence-electron chi connectivity index (χ4n) is 3.01. The summed E-state index contributed by atoms with van der Waals surface area (Å²) >= 11 is 0. The molecule has 1 atom stereocenters. The molecule has 0 bridgehead atoms. The van der Waals surface area contributed by atoms with Gasteiger partial charge in [0.25, 0.3) is 0 Å². The Balaban J connectivity index is 1.69. The van der Waals surface area contributed by atoms with Crippen LogP contribution in [0.2, 0.25) is 0 Å². The zero-order chi connectivity index (χ0) is 12.8. The van der Waals surface area contributed by atoms with Gasteiger partial charge in [-0.2, -0.15) is 0 Å². The predicted molar refractivity (Wildman–Crippen MR) is 69.5 cm³/mol. The molecule has 1 saturated heterocycles. The van der Waals surface area contributed by atoms with Gasteiger partial charge in [0.05, 0.1) is 0 Å². The smallest absolute Gasteiger partial charge is 0.324 e. The van der Waals surface area contributed by atoms with Crippen molar-refractivity contribution < 1.29 is 9.90 Å². The molecular weight excluding hydrogens is 226 g/mol. The molecule has 1 unspecified atom stereocenters. The number of nitrogens with zero attached hydrogens (tertiary/aromatic N) is 1. The summed E-state index contributed by atoms with van der Waals surface area (Å²) in [5.74, 6) is 0.201. The van der Waals surface area contributed by atoms with Gasteiger partial charge in [-0.25, -0.2) is 0 Å². The molecule has 3 heteroatoms. The zero-order valence-corrected chi connectivity index (χ0v) is 10.7. The molecule has 1 aliphatic carbocycles. The zero-order valence-electron chi connectivity index (χ0n) is 10.7. The summed E-state index contributed by atoms with van der Waals surface area (Å²) in [7, 11) is 0. The lowest BCUT2D eigenvalue weighted by atomic mass is 9.83. The monoisotopic (exact) mass is 245 g/mol. The van der Waals surface area contributed by atoms with Crippen molar-refractivity contribution in [2.45, 2.75) is 31.2 Å². The van der Waals surface area contributed by atoms with E-state index in [1.807, 2.05) is 13.0 Å². The normalized spacial score (nSPS) is 24.3. The van der Waals surface area contributed by atoms with Crippen molar-refractivity contribution >= 4 is 5.97 Å². The van der Waals surface area contributed by atoms with E-state index in [1.165, 1.54) is 5.56 Å². The highest BCUT2D eigenvalue weighted by atomic mass is 16.4. The summed E-state index contributed by atoms with van der Waals surface area (Å²) in [5, 5.41) is 9.49. The van der Waals surface area contributed by atoms with Crippen molar-refractivity contribution in [1.29, 1.82) is 0 Å². The van der Waals surface area contributed by atoms with Gasteiger partial charge in [0.1, 0.15) is 5.54 Å². The second-order valence-electron chi connectivity index (χ2n) is 5.74. The molecule has 1 heterocycles. The standard InChI is InChI=1S/C15H19NO2/c1-15(14(17)18,13-7-8-13)16-9-12(10-16)11-5-3-2-4-6-11/h2-6,12-13H,7-10H2,1H3,(H,17,18). The van der Waals surface area contributed by atoms with E-state index in [-0.39, 0.29) is 0 Å². The van der Waals surface area contributed by atoms with Crippen LogP contribution in [0.25, 0.3) is 0 Å². The summed E-state index contributed by atoms with van der Waals surface area (Å²) < 4.78 is 0. The van der Waals surface area contributed by atoms with E-state index in [4.69, 9.17) is 0 Å². The number of carbonyl (C=O) groups is 1. The van der Waals surface area contributed by atoms with Crippen LogP contribution in [-0.4, -0.2) is 34.6 Å². The van der Waals surface area contributed by atoms with Crippen LogP contribution >= 0.6 is 0 Å². The largest absolute Gasteiger partial charge is 0.480 e. The minimum Gasteiger partial charge on any atom is -0.480 e. The molecule has 1 aliphatic heterocycles. The van der Waals surface area contributed by atoms with Crippen molar-refractivity contribution in [1.82, 2.24) is 4.90 Å². The Labute approximate surface area is 107 Å². The maximum atomic E-state index is 11.5. The first-order valence-electron chi connectivity index (χ1n) is 6.65. The number of carboxylic acids is 1. The van der Waals surface area contributed by atoms with Crippen LogP contribution in [0, 0.1) is 5.92 Å². The van der Waals surface area contributed by atoms with E-state index < -0.39 is 11.5 Å². The van der Waals surface area contributed by atoms with Crippen LogP contribution in [0.1, 0.15) is 31.2 Å². The predicted octanol–water partition coefficient (Wildman–Crippen LogP) is 2.34. The minimum absolute atomic E-state index is 0.353. The highest BCUT2D eigenvalue weighted by molar-refractivity contribution is 5.79. The van der Waals surface area contributed by atoms with E-state index in [0.717, 1.165) is 25.9 Å². The minimum atomic E-state index is -0.656. The van der Waals surface area contributed by atoms with E-state index in [1.54, 1.807) is 0 Å². The van der Waals surface area contributed by atoms with Crippen molar-refractivity contribution in [2.24, 2.45) is 5.92 Å². The summed E-state index contributed by atoms with van der Waals surface area (Å²) in [6, 6.07) is 10.4. The summed E-state index contributed by atoms with van der Waals surface area (Å²) in [5.41, 5.74) is 0.697. The highest BCUT2D eigenvalue weighted by Gasteiger charge is 2.54. The van der Waals surface area contributed by atoms with Gasteiger partial charge in [-0.15, -0.1) is 0 Å². The highest BCUT2D eigenvalue weighted by Crippen LogP contribution is 2.46. The van der Waals surface area contributed by atoms with Crippen molar-refractivity contribution in [2.75, 3.05) is 13.1 Å². The second kappa shape index (κ2) is 4.09. The Kier molecular flexibility index (Phi) is 2.67. The quantitative estimate of drug-likeness (QED) is 0.885. The fraction of sp³-hybridized carbons (Fsp3) is 0.533. The maximum absolute atomic E-state index is 11.5. The van der Waals surface area contributed by atoms with Gasteiger partial charge in [-0.05, 0) is 31.2 Å². The molecule has 96 valence electrons. The number of carboxylic acid groups (broad SMARTS) is 1. The van der Waals surface area contributed by atoms with Gasteiger partial charge >= 0.3 is 5.97 Å². The van der Waals surface area contributed by atoms with Crippen LogP contribution in [0.3, 0.4) is 0 Å². The summed E-state index contributed by atoms with van der Waals surface area (Å²) in [6.45, 7) is 3.65. The van der Waals surface area contributed by atoms with Gasteiger partial charge in [0, 0.05) is 19.0 Å². The first kappa shape index (κ1) is 11.7. The fourth-order valence-corrected chi connectivity index (χ4v) is 3.01. The number of likely N-dealkylation sites (tertiary alicyclic amines) is 1. The molecule has 1 saturated carbocycles. The average molecular weight is 245 g/mol. The molecule has 1 aromatic rings. The maximum Gasteiger partial charge on any atom is 0.324 e. The number of hydrogen-bond donors (Lipinski definition) is 1. The third-order valence-electron chi connectivity index (χ3n) is 4.61. The Morgan fingerprint density at radius 1 is 1.28 bits per heavy atom. The molecule has 3 nitrogen and oxygen atoms in total. The van der Waals surface area contributed by atoms with Gasteiger partial charge in [-0.3, -0.25) is 9.69 Å². The topological polar surface area (TPSA) is 40.5 Å². The van der Waals surface area contributed by atoms with Crippen LogP contribution in [0.5, 0.6) is 0 Å². The van der Waals surface area contributed by atoms with E-state index >= 15 is 0 Å². The van der Waals surface area contributed by atoms with Crippen LogP contribution < -0.4 is 0 Å². The number of benzene rings is 1. The molecule has 2 aliphatic rings. The molecule has 0 spiro atoms. The molecule has 0 radical (unpaired) electrons. The van der Waals surface area contributed by atoms with Crippen molar-refractivity contribution in [3.63, 3.8) is 0 Å². The van der Waals surface area contributed by atoms with Gasteiger partial charge < -0.3 is 5.11 Å². The molecule has 0 amide bonds.